The predicted molar refractivity (Wildman–Crippen MR) is 110 cm³/mol. The van der Waals surface area contributed by atoms with Crippen LogP contribution in [0, 0.1) is 5.41 Å². The summed E-state index contributed by atoms with van der Waals surface area (Å²) < 4.78 is 0. The first kappa shape index (κ1) is 25.1. The van der Waals surface area contributed by atoms with Gasteiger partial charge in [-0.25, -0.2) is 0 Å². The van der Waals surface area contributed by atoms with Gasteiger partial charge in [-0.2, -0.15) is 0 Å². The van der Waals surface area contributed by atoms with Crippen LogP contribution in [0.15, 0.2) is 36.5 Å². The molecular weight excluding hydrogens is 292 g/mol. The van der Waals surface area contributed by atoms with Crippen LogP contribution in [-0.4, -0.2) is 5.78 Å². The molecule has 0 aromatic carbocycles. The van der Waals surface area contributed by atoms with E-state index in [1.807, 2.05) is 20.8 Å². The topological polar surface area (TPSA) is 17.1 Å². The molecule has 24 heavy (non-hydrogen) atoms. The SMILES string of the molecule is C.CCCCC/C=C\C/C=C\C/C=C\CCCCC(=O)C(C)(C)C. The van der Waals surface area contributed by atoms with Crippen molar-refractivity contribution in [2.75, 3.05) is 0 Å². The fourth-order valence-corrected chi connectivity index (χ4v) is 2.21. The number of Topliss-reactive ketones (excluding diaryl/α,β-unsaturated/α-hetero) is 1. The first-order valence-electron chi connectivity index (χ1n) is 9.46. The fourth-order valence-electron chi connectivity index (χ4n) is 2.21. The van der Waals surface area contributed by atoms with Crippen molar-refractivity contribution in [2.24, 2.45) is 5.41 Å². The van der Waals surface area contributed by atoms with Crippen LogP contribution in [0.25, 0.3) is 0 Å². The van der Waals surface area contributed by atoms with Gasteiger partial charge in [0.05, 0.1) is 0 Å². The highest BCUT2D eigenvalue weighted by Crippen LogP contribution is 2.18. The van der Waals surface area contributed by atoms with E-state index in [0.717, 1.165) is 38.5 Å². The number of unbranched alkanes of at least 4 members (excludes halogenated alkanes) is 5. The molecule has 0 aliphatic heterocycles. The summed E-state index contributed by atoms with van der Waals surface area (Å²) in [5, 5.41) is 0. The molecule has 0 aliphatic carbocycles. The Morgan fingerprint density at radius 2 is 1.21 bits per heavy atom. The van der Waals surface area contributed by atoms with Gasteiger partial charge in [-0.1, -0.05) is 84.4 Å². The molecule has 0 N–H and O–H groups in total. The number of carbonyl (C=O) groups is 1. The van der Waals surface area contributed by atoms with Crippen LogP contribution in [-0.2, 0) is 4.79 Å². The molecule has 0 saturated heterocycles. The molecule has 0 radical (unpaired) electrons. The summed E-state index contributed by atoms with van der Waals surface area (Å²) in [7, 11) is 0. The number of hydrogen-bond donors (Lipinski definition) is 0. The first-order valence-corrected chi connectivity index (χ1v) is 9.46. The van der Waals surface area contributed by atoms with Crippen LogP contribution in [0.5, 0.6) is 0 Å². The molecule has 1 heteroatoms. The van der Waals surface area contributed by atoms with Gasteiger partial charge in [0.1, 0.15) is 5.78 Å². The molecule has 0 heterocycles. The van der Waals surface area contributed by atoms with E-state index in [2.05, 4.69) is 43.4 Å². The lowest BCUT2D eigenvalue weighted by atomic mass is 9.88. The number of rotatable bonds is 13. The van der Waals surface area contributed by atoms with Gasteiger partial charge >= 0.3 is 0 Å². The van der Waals surface area contributed by atoms with Crippen molar-refractivity contribution in [3.05, 3.63) is 36.5 Å². The van der Waals surface area contributed by atoms with Crippen molar-refractivity contribution >= 4 is 5.78 Å². The quantitative estimate of drug-likeness (QED) is 0.248. The molecule has 0 fully saturated rings. The van der Waals surface area contributed by atoms with Crippen LogP contribution in [0.4, 0.5) is 0 Å². The Hall–Kier alpha value is -1.11. The van der Waals surface area contributed by atoms with E-state index in [1.165, 1.54) is 25.7 Å². The van der Waals surface area contributed by atoms with E-state index >= 15 is 0 Å². The zero-order valence-corrected chi connectivity index (χ0v) is 15.9. The minimum atomic E-state index is -0.176. The minimum Gasteiger partial charge on any atom is -0.299 e. The maximum Gasteiger partial charge on any atom is 0.138 e. The summed E-state index contributed by atoms with van der Waals surface area (Å²) in [6.07, 6.45) is 24.7. The molecule has 0 spiro atoms. The second kappa shape index (κ2) is 16.7. The highest BCUT2D eigenvalue weighted by Gasteiger charge is 2.19. The number of allylic oxidation sites excluding steroid dienone is 6. The molecule has 0 bridgehead atoms. The Morgan fingerprint density at radius 3 is 1.67 bits per heavy atom. The van der Waals surface area contributed by atoms with Gasteiger partial charge in [-0.15, -0.1) is 0 Å². The molecule has 1 nitrogen and oxygen atoms in total. The van der Waals surface area contributed by atoms with Crippen molar-refractivity contribution in [1.82, 2.24) is 0 Å². The average molecular weight is 335 g/mol. The van der Waals surface area contributed by atoms with E-state index in [1.54, 1.807) is 0 Å². The van der Waals surface area contributed by atoms with Gasteiger partial charge in [0.15, 0.2) is 0 Å². The second-order valence-corrected chi connectivity index (χ2v) is 7.30. The van der Waals surface area contributed by atoms with Gasteiger partial charge in [0.2, 0.25) is 0 Å². The minimum absolute atomic E-state index is 0. The van der Waals surface area contributed by atoms with Crippen molar-refractivity contribution in [2.45, 2.75) is 99.3 Å². The normalized spacial score (nSPS) is 12.3. The molecule has 0 unspecified atom stereocenters. The Kier molecular flexibility index (Phi) is 17.5. The third kappa shape index (κ3) is 17.2. The molecule has 140 valence electrons. The van der Waals surface area contributed by atoms with Gasteiger partial charge in [-0.05, 0) is 44.9 Å². The number of carbonyl (C=O) groups excluding carboxylic acids is 1. The maximum absolute atomic E-state index is 11.8. The van der Waals surface area contributed by atoms with E-state index in [-0.39, 0.29) is 12.8 Å². The molecule has 0 saturated carbocycles. The van der Waals surface area contributed by atoms with E-state index in [9.17, 15) is 4.79 Å². The zero-order valence-electron chi connectivity index (χ0n) is 15.9. The van der Waals surface area contributed by atoms with E-state index in [0.29, 0.717) is 5.78 Å². The van der Waals surface area contributed by atoms with Crippen molar-refractivity contribution in [3.63, 3.8) is 0 Å². The summed E-state index contributed by atoms with van der Waals surface area (Å²) in [6, 6.07) is 0. The summed E-state index contributed by atoms with van der Waals surface area (Å²) >= 11 is 0. The molecule has 0 amide bonds. The molecule has 0 atom stereocenters. The summed E-state index contributed by atoms with van der Waals surface area (Å²) in [6.45, 7) is 8.25. The Balaban J connectivity index is 0. The fraction of sp³-hybridized carbons (Fsp3) is 0.696. The maximum atomic E-state index is 11.8. The van der Waals surface area contributed by atoms with Crippen LogP contribution in [0.2, 0.25) is 0 Å². The number of hydrogen-bond acceptors (Lipinski definition) is 1. The second-order valence-electron chi connectivity index (χ2n) is 7.30. The summed E-state index contributed by atoms with van der Waals surface area (Å²) in [5.74, 6) is 0.382. The third-order valence-electron chi connectivity index (χ3n) is 3.88. The standard InChI is InChI=1S/C22H38O.CH4/c1-5-6-7-8-9-10-11-12-13-14-15-16-17-18-19-20-21(23)22(2,3)4;/h9-10,12-13,15-16H,5-8,11,14,17-20H2,1-4H3;1H4/b10-9-,13-12-,16-15-;. The molecule has 0 aromatic rings. The summed E-state index contributed by atoms with van der Waals surface area (Å²) in [5.41, 5.74) is -0.176. The zero-order chi connectivity index (χ0) is 17.4. The van der Waals surface area contributed by atoms with Crippen molar-refractivity contribution in [1.29, 1.82) is 0 Å². The number of ketones is 1. The van der Waals surface area contributed by atoms with Crippen LogP contribution >= 0.6 is 0 Å². The first-order chi connectivity index (χ1) is 11.0. The molecule has 0 aliphatic rings. The van der Waals surface area contributed by atoms with E-state index in [4.69, 9.17) is 0 Å². The monoisotopic (exact) mass is 334 g/mol. The van der Waals surface area contributed by atoms with Crippen molar-refractivity contribution in [3.8, 4) is 0 Å². The lowest BCUT2D eigenvalue weighted by Gasteiger charge is -2.15. The van der Waals surface area contributed by atoms with Gasteiger partial charge in [-0.3, -0.25) is 4.79 Å². The summed E-state index contributed by atoms with van der Waals surface area (Å²) in [4.78, 5) is 11.8. The van der Waals surface area contributed by atoms with Crippen LogP contribution < -0.4 is 0 Å². The highest BCUT2D eigenvalue weighted by atomic mass is 16.1. The smallest absolute Gasteiger partial charge is 0.138 e. The highest BCUT2D eigenvalue weighted by molar-refractivity contribution is 5.83. The predicted octanol–water partition coefficient (Wildman–Crippen LogP) is 7.83. The Labute approximate surface area is 152 Å². The largest absolute Gasteiger partial charge is 0.299 e. The lowest BCUT2D eigenvalue weighted by molar-refractivity contribution is -0.126. The Bertz CT molecular complexity index is 366. The molecular formula is C23H42O. The van der Waals surface area contributed by atoms with Crippen molar-refractivity contribution < 1.29 is 4.79 Å². The van der Waals surface area contributed by atoms with Gasteiger partial charge in [0, 0.05) is 11.8 Å². The Morgan fingerprint density at radius 1 is 0.750 bits per heavy atom. The van der Waals surface area contributed by atoms with E-state index < -0.39 is 0 Å². The molecule has 0 aromatic heterocycles. The third-order valence-corrected chi connectivity index (χ3v) is 3.88. The van der Waals surface area contributed by atoms with Crippen LogP contribution in [0.1, 0.15) is 99.3 Å². The van der Waals surface area contributed by atoms with Gasteiger partial charge in [0.25, 0.3) is 0 Å². The molecule has 0 rings (SSSR count). The van der Waals surface area contributed by atoms with Crippen LogP contribution in [0.3, 0.4) is 0 Å². The van der Waals surface area contributed by atoms with Gasteiger partial charge < -0.3 is 0 Å². The average Bonchev–Trinajstić information content (AvgIpc) is 2.50. The lowest BCUT2D eigenvalue weighted by Crippen LogP contribution is -2.19.